The largest absolute Gasteiger partial charge is 0.465 e. The SMILES string of the molecule is COC(=O)c1cccc(NC(=O)C(C)CC#N)c1. The van der Waals surface area contributed by atoms with Gasteiger partial charge in [-0.25, -0.2) is 4.79 Å². The molecule has 1 aromatic rings. The van der Waals surface area contributed by atoms with Crippen molar-refractivity contribution in [1.29, 1.82) is 5.26 Å². The van der Waals surface area contributed by atoms with Crippen molar-refractivity contribution in [2.45, 2.75) is 13.3 Å². The standard InChI is InChI=1S/C13H14N2O3/c1-9(6-7-14)12(16)15-11-5-3-4-10(8-11)13(17)18-2/h3-5,8-9H,6H2,1-2H3,(H,15,16). The first kappa shape index (κ1) is 13.7. The van der Waals surface area contributed by atoms with Gasteiger partial charge in [0.1, 0.15) is 0 Å². The summed E-state index contributed by atoms with van der Waals surface area (Å²) in [6.45, 7) is 1.67. The van der Waals surface area contributed by atoms with E-state index in [1.807, 2.05) is 6.07 Å². The molecule has 0 aromatic heterocycles. The molecule has 0 bridgehead atoms. The Morgan fingerprint density at radius 1 is 1.50 bits per heavy atom. The van der Waals surface area contributed by atoms with Gasteiger partial charge in [0, 0.05) is 18.0 Å². The lowest BCUT2D eigenvalue weighted by atomic mass is 10.1. The highest BCUT2D eigenvalue weighted by Crippen LogP contribution is 2.13. The van der Waals surface area contributed by atoms with Crippen molar-refractivity contribution in [3.63, 3.8) is 0 Å². The van der Waals surface area contributed by atoms with E-state index in [1.165, 1.54) is 13.2 Å². The maximum atomic E-state index is 11.7. The lowest BCUT2D eigenvalue weighted by molar-refractivity contribution is -0.119. The van der Waals surface area contributed by atoms with E-state index in [4.69, 9.17) is 5.26 Å². The molecule has 1 unspecified atom stereocenters. The quantitative estimate of drug-likeness (QED) is 0.823. The van der Waals surface area contributed by atoms with E-state index in [0.717, 1.165) is 0 Å². The smallest absolute Gasteiger partial charge is 0.337 e. The summed E-state index contributed by atoms with van der Waals surface area (Å²) in [5.74, 6) is -1.11. The number of ether oxygens (including phenoxy) is 1. The number of nitriles is 1. The maximum Gasteiger partial charge on any atom is 0.337 e. The Balaban J connectivity index is 2.77. The van der Waals surface area contributed by atoms with E-state index in [1.54, 1.807) is 25.1 Å². The molecule has 0 fully saturated rings. The van der Waals surface area contributed by atoms with Gasteiger partial charge in [0.15, 0.2) is 0 Å². The second-order valence-electron chi connectivity index (χ2n) is 3.82. The van der Waals surface area contributed by atoms with Gasteiger partial charge in [-0.05, 0) is 18.2 Å². The summed E-state index contributed by atoms with van der Waals surface area (Å²) < 4.78 is 4.59. The summed E-state index contributed by atoms with van der Waals surface area (Å²) in [7, 11) is 1.29. The molecule has 1 amide bonds. The number of hydrogen-bond acceptors (Lipinski definition) is 4. The molecule has 94 valence electrons. The lowest BCUT2D eigenvalue weighted by Crippen LogP contribution is -2.20. The highest BCUT2D eigenvalue weighted by atomic mass is 16.5. The summed E-state index contributed by atoms with van der Waals surface area (Å²) in [5, 5.41) is 11.2. The average Bonchev–Trinajstić information content (AvgIpc) is 2.38. The molecule has 5 heteroatoms. The van der Waals surface area contributed by atoms with Gasteiger partial charge in [0.05, 0.1) is 18.7 Å². The Kier molecular flexibility index (Phi) is 4.88. The van der Waals surface area contributed by atoms with Crippen LogP contribution in [0, 0.1) is 17.2 Å². The fourth-order valence-corrected chi connectivity index (χ4v) is 1.34. The zero-order chi connectivity index (χ0) is 13.5. The van der Waals surface area contributed by atoms with Crippen LogP contribution in [0.15, 0.2) is 24.3 Å². The average molecular weight is 246 g/mol. The summed E-state index contributed by atoms with van der Waals surface area (Å²) in [4.78, 5) is 23.0. The Bertz CT molecular complexity index is 491. The first-order valence-electron chi connectivity index (χ1n) is 5.44. The molecule has 0 saturated carbocycles. The molecule has 1 N–H and O–H groups in total. The van der Waals surface area contributed by atoms with E-state index in [0.29, 0.717) is 11.3 Å². The third-order valence-electron chi connectivity index (χ3n) is 2.40. The molecule has 0 radical (unpaired) electrons. The van der Waals surface area contributed by atoms with E-state index >= 15 is 0 Å². The fourth-order valence-electron chi connectivity index (χ4n) is 1.34. The summed E-state index contributed by atoms with van der Waals surface area (Å²) in [6, 6.07) is 8.39. The van der Waals surface area contributed by atoms with Crippen molar-refractivity contribution in [3.8, 4) is 6.07 Å². The van der Waals surface area contributed by atoms with Crippen LogP contribution >= 0.6 is 0 Å². The zero-order valence-electron chi connectivity index (χ0n) is 10.3. The van der Waals surface area contributed by atoms with E-state index in [-0.39, 0.29) is 12.3 Å². The van der Waals surface area contributed by atoms with Gasteiger partial charge in [0.25, 0.3) is 0 Å². The molecule has 1 aromatic carbocycles. The van der Waals surface area contributed by atoms with Crippen LogP contribution in [0.4, 0.5) is 5.69 Å². The van der Waals surface area contributed by atoms with Crippen molar-refractivity contribution in [1.82, 2.24) is 0 Å². The predicted molar refractivity (Wildman–Crippen MR) is 65.8 cm³/mol. The second kappa shape index (κ2) is 6.40. The van der Waals surface area contributed by atoms with Crippen LogP contribution in [0.3, 0.4) is 0 Å². The number of methoxy groups -OCH3 is 1. The van der Waals surface area contributed by atoms with Crippen LogP contribution in [0.2, 0.25) is 0 Å². The van der Waals surface area contributed by atoms with Crippen molar-refractivity contribution in [2.24, 2.45) is 5.92 Å². The summed E-state index contributed by atoms with van der Waals surface area (Å²) >= 11 is 0. The summed E-state index contributed by atoms with van der Waals surface area (Å²) in [6.07, 6.45) is 0.155. The van der Waals surface area contributed by atoms with Gasteiger partial charge in [-0.15, -0.1) is 0 Å². The monoisotopic (exact) mass is 246 g/mol. The van der Waals surface area contributed by atoms with Crippen LogP contribution in [0.5, 0.6) is 0 Å². The minimum atomic E-state index is -0.462. The normalized spacial score (nSPS) is 11.2. The van der Waals surface area contributed by atoms with Crippen molar-refractivity contribution in [3.05, 3.63) is 29.8 Å². The number of benzene rings is 1. The Morgan fingerprint density at radius 3 is 2.83 bits per heavy atom. The number of amides is 1. The van der Waals surface area contributed by atoms with Gasteiger partial charge in [-0.2, -0.15) is 5.26 Å². The molecule has 18 heavy (non-hydrogen) atoms. The number of carbonyl (C=O) groups excluding carboxylic acids is 2. The van der Waals surface area contributed by atoms with Crippen molar-refractivity contribution in [2.75, 3.05) is 12.4 Å². The molecule has 0 spiro atoms. The van der Waals surface area contributed by atoms with Gasteiger partial charge < -0.3 is 10.1 Å². The Morgan fingerprint density at radius 2 is 2.22 bits per heavy atom. The van der Waals surface area contributed by atoms with Crippen molar-refractivity contribution < 1.29 is 14.3 Å². The van der Waals surface area contributed by atoms with Crippen LogP contribution in [0.1, 0.15) is 23.7 Å². The Labute approximate surface area is 105 Å². The topological polar surface area (TPSA) is 79.2 Å². The maximum absolute atomic E-state index is 11.7. The number of hydrogen-bond donors (Lipinski definition) is 1. The fraction of sp³-hybridized carbons (Fsp3) is 0.308. The van der Waals surface area contributed by atoms with E-state index in [9.17, 15) is 9.59 Å². The van der Waals surface area contributed by atoms with Crippen LogP contribution in [-0.4, -0.2) is 19.0 Å². The molecule has 0 heterocycles. The van der Waals surface area contributed by atoms with Gasteiger partial charge in [-0.1, -0.05) is 13.0 Å². The minimum absolute atomic E-state index is 0.155. The summed E-state index contributed by atoms with van der Waals surface area (Å²) in [5.41, 5.74) is 0.871. The number of nitrogens with zero attached hydrogens (tertiary/aromatic N) is 1. The first-order chi connectivity index (χ1) is 8.58. The van der Waals surface area contributed by atoms with E-state index in [2.05, 4.69) is 10.1 Å². The number of rotatable bonds is 4. The molecule has 1 atom stereocenters. The molecular formula is C13H14N2O3. The van der Waals surface area contributed by atoms with Gasteiger partial charge in [-0.3, -0.25) is 4.79 Å². The molecule has 0 saturated heterocycles. The Hall–Kier alpha value is -2.35. The van der Waals surface area contributed by atoms with E-state index < -0.39 is 11.9 Å². The zero-order valence-corrected chi connectivity index (χ0v) is 10.3. The lowest BCUT2D eigenvalue weighted by Gasteiger charge is -2.09. The number of esters is 1. The van der Waals surface area contributed by atoms with Crippen molar-refractivity contribution >= 4 is 17.6 Å². The molecule has 0 aliphatic rings. The molecular weight excluding hydrogens is 232 g/mol. The third kappa shape index (κ3) is 3.59. The molecule has 1 rings (SSSR count). The number of carbonyl (C=O) groups is 2. The number of anilines is 1. The second-order valence-corrected chi connectivity index (χ2v) is 3.82. The minimum Gasteiger partial charge on any atom is -0.465 e. The van der Waals surface area contributed by atoms with Crippen LogP contribution < -0.4 is 5.32 Å². The predicted octanol–water partition coefficient (Wildman–Crippen LogP) is 1.96. The highest BCUT2D eigenvalue weighted by molar-refractivity contribution is 5.95. The highest BCUT2D eigenvalue weighted by Gasteiger charge is 2.13. The molecule has 0 aliphatic carbocycles. The third-order valence-corrected chi connectivity index (χ3v) is 2.40. The van der Waals surface area contributed by atoms with Crippen LogP contribution in [-0.2, 0) is 9.53 Å². The number of nitrogens with one attached hydrogen (secondary N) is 1. The van der Waals surface area contributed by atoms with Gasteiger partial charge >= 0.3 is 5.97 Å². The molecule has 0 aliphatic heterocycles. The first-order valence-corrected chi connectivity index (χ1v) is 5.44. The molecule has 5 nitrogen and oxygen atoms in total. The van der Waals surface area contributed by atoms with Crippen LogP contribution in [0.25, 0.3) is 0 Å². The van der Waals surface area contributed by atoms with Gasteiger partial charge in [0.2, 0.25) is 5.91 Å².